The Morgan fingerprint density at radius 2 is 1.88 bits per heavy atom. The van der Waals surface area contributed by atoms with Gasteiger partial charge in [-0.1, -0.05) is 43.6 Å². The Morgan fingerprint density at radius 1 is 1.20 bits per heavy atom. The number of aliphatic hydroxyl groups excluding tert-OH is 2. The third kappa shape index (κ3) is 3.78. The van der Waals surface area contributed by atoms with Crippen LogP contribution in [0.15, 0.2) is 46.5 Å². The van der Waals surface area contributed by atoms with Gasteiger partial charge in [0.15, 0.2) is 11.5 Å². The molecule has 0 amide bonds. The van der Waals surface area contributed by atoms with Crippen molar-refractivity contribution >= 4 is 11.6 Å². The molecule has 0 aromatic rings. The van der Waals surface area contributed by atoms with Crippen molar-refractivity contribution in [2.24, 2.45) is 11.8 Å². The molecule has 0 heterocycles. The van der Waals surface area contributed by atoms with Gasteiger partial charge in [0.05, 0.1) is 5.57 Å². The zero-order valence-corrected chi connectivity index (χ0v) is 15.4. The van der Waals surface area contributed by atoms with Crippen molar-refractivity contribution in [2.75, 3.05) is 0 Å². The Kier molecular flexibility index (Phi) is 6.04. The summed E-state index contributed by atoms with van der Waals surface area (Å²) in [6.07, 6.45) is 6.52. The predicted octanol–water partition coefficient (Wildman–Crippen LogP) is 4.89. The summed E-state index contributed by atoms with van der Waals surface area (Å²) in [7, 11) is 0. The van der Waals surface area contributed by atoms with E-state index in [1.165, 1.54) is 0 Å². The molecule has 0 aromatic carbocycles. The fourth-order valence-corrected chi connectivity index (χ4v) is 3.74. The quantitative estimate of drug-likeness (QED) is 0.409. The lowest BCUT2D eigenvalue weighted by Gasteiger charge is -2.33. The van der Waals surface area contributed by atoms with Gasteiger partial charge in [-0.25, -0.2) is 0 Å². The predicted molar refractivity (Wildman–Crippen MR) is 98.3 cm³/mol. The summed E-state index contributed by atoms with van der Waals surface area (Å²) >= 11 is 0. The Morgan fingerprint density at radius 3 is 2.48 bits per heavy atom. The summed E-state index contributed by atoms with van der Waals surface area (Å²) in [4.78, 5) is 25.3. The Balaban J connectivity index is 2.42. The van der Waals surface area contributed by atoms with Gasteiger partial charge >= 0.3 is 0 Å². The van der Waals surface area contributed by atoms with Gasteiger partial charge in [-0.3, -0.25) is 9.59 Å². The van der Waals surface area contributed by atoms with Crippen LogP contribution in [0.3, 0.4) is 0 Å². The molecule has 0 saturated heterocycles. The number of ketones is 2. The molecular formula is C21H28O4. The molecule has 2 atom stereocenters. The van der Waals surface area contributed by atoms with E-state index in [4.69, 9.17) is 0 Å². The number of aliphatic hydroxyl groups is 2. The van der Waals surface area contributed by atoms with Crippen LogP contribution < -0.4 is 0 Å². The zero-order valence-electron chi connectivity index (χ0n) is 15.4. The average molecular weight is 344 g/mol. The minimum atomic E-state index is -0.620. The summed E-state index contributed by atoms with van der Waals surface area (Å²) in [5.74, 6) is -2.66. The van der Waals surface area contributed by atoms with Crippen molar-refractivity contribution in [3.05, 3.63) is 46.5 Å². The van der Waals surface area contributed by atoms with Gasteiger partial charge < -0.3 is 10.2 Å². The van der Waals surface area contributed by atoms with Crippen LogP contribution in [0.2, 0.25) is 0 Å². The number of carbonyl (C=O) groups is 2. The van der Waals surface area contributed by atoms with Crippen molar-refractivity contribution in [1.82, 2.24) is 0 Å². The molecule has 0 radical (unpaired) electrons. The molecule has 0 spiro atoms. The van der Waals surface area contributed by atoms with E-state index >= 15 is 0 Å². The monoisotopic (exact) mass is 344 g/mol. The fourth-order valence-electron chi connectivity index (χ4n) is 3.74. The third-order valence-electron chi connectivity index (χ3n) is 5.23. The highest BCUT2D eigenvalue weighted by Gasteiger charge is 2.40. The highest BCUT2D eigenvalue weighted by atomic mass is 16.3. The van der Waals surface area contributed by atoms with Gasteiger partial charge in [0.2, 0.25) is 11.6 Å². The summed E-state index contributed by atoms with van der Waals surface area (Å²) in [6, 6.07) is 0. The van der Waals surface area contributed by atoms with E-state index in [0.717, 1.165) is 36.8 Å². The van der Waals surface area contributed by atoms with Crippen LogP contribution in [0.5, 0.6) is 0 Å². The number of allylic oxidation sites excluding steroid dienone is 5. The molecule has 25 heavy (non-hydrogen) atoms. The molecule has 0 aromatic heterocycles. The molecule has 1 unspecified atom stereocenters. The van der Waals surface area contributed by atoms with E-state index in [2.05, 4.69) is 6.58 Å². The highest BCUT2D eigenvalue weighted by molar-refractivity contribution is 6.23. The van der Waals surface area contributed by atoms with Crippen molar-refractivity contribution in [2.45, 2.75) is 59.3 Å². The van der Waals surface area contributed by atoms with E-state index < -0.39 is 29.0 Å². The maximum atomic E-state index is 12.8. The molecule has 2 rings (SSSR count). The maximum Gasteiger partial charge on any atom is 0.228 e. The lowest BCUT2D eigenvalue weighted by molar-refractivity contribution is -0.120. The Hall–Kier alpha value is -2.10. The van der Waals surface area contributed by atoms with Crippen molar-refractivity contribution in [1.29, 1.82) is 0 Å². The maximum absolute atomic E-state index is 12.8. The Bertz CT molecular complexity index is 691. The van der Waals surface area contributed by atoms with E-state index in [-0.39, 0.29) is 17.1 Å². The molecule has 136 valence electrons. The number of hydrogen-bond acceptors (Lipinski definition) is 4. The summed E-state index contributed by atoms with van der Waals surface area (Å²) in [5.41, 5.74) is 2.09. The number of Topliss-reactive ketones (excluding diaryl/α,β-unsaturated/α-hetero) is 2. The highest BCUT2D eigenvalue weighted by Crippen LogP contribution is 2.41. The van der Waals surface area contributed by atoms with Gasteiger partial charge in [0.1, 0.15) is 0 Å². The molecule has 0 saturated carbocycles. The average Bonchev–Trinajstić information content (AvgIpc) is 2.56. The van der Waals surface area contributed by atoms with Crippen LogP contribution in [-0.2, 0) is 9.59 Å². The number of hydrogen-bond donors (Lipinski definition) is 2. The van der Waals surface area contributed by atoms with Crippen molar-refractivity contribution < 1.29 is 19.8 Å². The number of rotatable bonds is 6. The largest absolute Gasteiger partial charge is 0.504 e. The topological polar surface area (TPSA) is 74.6 Å². The second kappa shape index (κ2) is 7.85. The summed E-state index contributed by atoms with van der Waals surface area (Å²) in [5, 5.41) is 20.8. The van der Waals surface area contributed by atoms with Gasteiger partial charge in [-0.2, -0.15) is 0 Å². The molecular weight excluding hydrogens is 316 g/mol. The van der Waals surface area contributed by atoms with Gasteiger partial charge in [0, 0.05) is 11.5 Å². The molecule has 0 bridgehead atoms. The smallest absolute Gasteiger partial charge is 0.228 e. The van der Waals surface area contributed by atoms with Crippen LogP contribution in [0.25, 0.3) is 0 Å². The van der Waals surface area contributed by atoms with Crippen LogP contribution in [0.4, 0.5) is 0 Å². The normalized spacial score (nSPS) is 24.7. The lowest BCUT2D eigenvalue weighted by Crippen LogP contribution is -2.32. The first-order valence-corrected chi connectivity index (χ1v) is 9.06. The molecule has 0 aliphatic heterocycles. The van der Waals surface area contributed by atoms with Crippen molar-refractivity contribution in [3.8, 4) is 0 Å². The van der Waals surface area contributed by atoms with Crippen LogP contribution in [0.1, 0.15) is 59.3 Å². The van der Waals surface area contributed by atoms with E-state index in [9.17, 15) is 19.8 Å². The first-order chi connectivity index (χ1) is 11.8. The summed E-state index contributed by atoms with van der Waals surface area (Å²) < 4.78 is 0. The molecule has 4 heteroatoms. The SMILES string of the molecule is C=C(C)C1CCC(C)=C[C@H]1C1=C(O)C(=O)C(CCCCC)=C(O)C1=O. The van der Waals surface area contributed by atoms with E-state index in [0.29, 0.717) is 12.8 Å². The molecule has 4 nitrogen and oxygen atoms in total. The molecule has 0 fully saturated rings. The standard InChI is InChI=1S/C21H28O4/c1-5-6-7-8-15-18(22)20(24)17(21(25)19(15)23)16-11-13(4)9-10-14(16)12(2)3/h11,14,16,22,25H,2,5-10H2,1,3-4H3/t14?,16-/m1/s1. The fraction of sp³-hybridized carbons (Fsp3) is 0.524. The molecule has 2 aliphatic rings. The van der Waals surface area contributed by atoms with Crippen LogP contribution in [0, 0.1) is 11.8 Å². The Labute approximate surface area is 149 Å². The van der Waals surface area contributed by atoms with Crippen LogP contribution >= 0.6 is 0 Å². The summed E-state index contributed by atoms with van der Waals surface area (Å²) in [6.45, 7) is 9.90. The molecule has 2 aliphatic carbocycles. The minimum absolute atomic E-state index is 0.0213. The molecule has 2 N–H and O–H groups in total. The van der Waals surface area contributed by atoms with Gasteiger partial charge in [-0.15, -0.1) is 0 Å². The van der Waals surface area contributed by atoms with E-state index in [1.54, 1.807) is 0 Å². The minimum Gasteiger partial charge on any atom is -0.504 e. The zero-order chi connectivity index (χ0) is 18.7. The first kappa shape index (κ1) is 19.2. The van der Waals surface area contributed by atoms with Crippen molar-refractivity contribution in [3.63, 3.8) is 0 Å². The second-order valence-corrected chi connectivity index (χ2v) is 7.24. The third-order valence-corrected chi connectivity index (χ3v) is 5.23. The second-order valence-electron chi connectivity index (χ2n) is 7.24. The lowest BCUT2D eigenvalue weighted by atomic mass is 9.71. The van der Waals surface area contributed by atoms with Gasteiger partial charge in [0.25, 0.3) is 0 Å². The van der Waals surface area contributed by atoms with Gasteiger partial charge in [-0.05, 0) is 45.4 Å². The number of unbranched alkanes of at least 4 members (excludes halogenated alkanes) is 2. The number of carbonyl (C=O) groups excluding carboxylic acids is 2. The first-order valence-electron chi connectivity index (χ1n) is 9.06. The van der Waals surface area contributed by atoms with Crippen LogP contribution in [-0.4, -0.2) is 21.8 Å². The van der Waals surface area contributed by atoms with E-state index in [1.807, 2.05) is 26.8 Å².